The van der Waals surface area contributed by atoms with Crippen molar-refractivity contribution in [3.05, 3.63) is 62.5 Å². The topological polar surface area (TPSA) is 110 Å². The van der Waals surface area contributed by atoms with Gasteiger partial charge in [0.15, 0.2) is 0 Å². The number of dihydropyridines is 1. The minimum Gasteiger partial charge on any atom is -0.478 e. The first-order valence-electron chi connectivity index (χ1n) is 6.60. The zero-order valence-corrected chi connectivity index (χ0v) is 13.0. The van der Waals surface area contributed by atoms with Gasteiger partial charge in [0.2, 0.25) is 0 Å². The molecule has 7 nitrogen and oxygen atoms in total. The largest absolute Gasteiger partial charge is 0.478 e. The zero-order valence-electron chi connectivity index (χ0n) is 12.3. The first kappa shape index (κ1) is 16.7. The van der Waals surface area contributed by atoms with Crippen LogP contribution in [0.2, 0.25) is 0 Å². The molecule has 0 spiro atoms. The zero-order chi connectivity index (χ0) is 17.3. The van der Waals surface area contributed by atoms with Crippen molar-refractivity contribution in [3.63, 3.8) is 0 Å². The number of carboxylic acids is 1. The molecule has 0 fully saturated rings. The Morgan fingerprint density at radius 1 is 1.26 bits per heavy atom. The first-order valence-corrected chi connectivity index (χ1v) is 6.97. The predicted molar refractivity (Wildman–Crippen MR) is 82.9 cm³/mol. The number of rotatable bonds is 4. The summed E-state index contributed by atoms with van der Waals surface area (Å²) in [6.07, 6.45) is 0. The van der Waals surface area contributed by atoms with E-state index in [9.17, 15) is 24.8 Å². The summed E-state index contributed by atoms with van der Waals surface area (Å²) < 4.78 is 0. The monoisotopic (exact) mass is 336 g/mol. The van der Waals surface area contributed by atoms with E-state index in [4.69, 9.17) is 11.6 Å². The number of allylic oxidation sites excluding steroid dienone is 3. The Balaban J connectivity index is 2.72. The van der Waals surface area contributed by atoms with Gasteiger partial charge in [0, 0.05) is 35.0 Å². The smallest absolute Gasteiger partial charge is 0.334 e. The van der Waals surface area contributed by atoms with Gasteiger partial charge in [-0.15, -0.1) is 0 Å². The van der Waals surface area contributed by atoms with Crippen molar-refractivity contribution in [2.75, 3.05) is 0 Å². The number of carboxylic acid groups (broad SMARTS) is 1. The summed E-state index contributed by atoms with van der Waals surface area (Å²) in [6.45, 7) is 3.16. The van der Waals surface area contributed by atoms with Crippen LogP contribution in [0.3, 0.4) is 0 Å². The molecule has 8 heteroatoms. The Morgan fingerprint density at radius 2 is 1.87 bits per heavy atom. The minimum absolute atomic E-state index is 0.0650. The van der Waals surface area contributed by atoms with Crippen LogP contribution in [-0.2, 0) is 9.59 Å². The van der Waals surface area contributed by atoms with E-state index in [-0.39, 0.29) is 16.8 Å². The molecule has 120 valence electrons. The molecule has 0 aliphatic carbocycles. The number of hydrogen-bond donors (Lipinski definition) is 2. The van der Waals surface area contributed by atoms with Gasteiger partial charge >= 0.3 is 5.97 Å². The van der Waals surface area contributed by atoms with Crippen LogP contribution in [0.25, 0.3) is 0 Å². The van der Waals surface area contributed by atoms with Gasteiger partial charge < -0.3 is 10.4 Å². The summed E-state index contributed by atoms with van der Waals surface area (Å²) in [5, 5.41) is 22.5. The summed E-state index contributed by atoms with van der Waals surface area (Å²) in [7, 11) is 0. The van der Waals surface area contributed by atoms with Crippen LogP contribution < -0.4 is 5.32 Å². The molecule has 1 aromatic rings. The fourth-order valence-electron chi connectivity index (χ4n) is 2.69. The third-order valence-corrected chi connectivity index (χ3v) is 3.82. The van der Waals surface area contributed by atoms with Gasteiger partial charge in [-0.25, -0.2) is 4.79 Å². The molecule has 1 heterocycles. The molecule has 0 bridgehead atoms. The van der Waals surface area contributed by atoms with Crippen molar-refractivity contribution < 1.29 is 19.6 Å². The summed E-state index contributed by atoms with van der Waals surface area (Å²) in [5.41, 5.74) is 0.899. The second kappa shape index (κ2) is 6.21. The van der Waals surface area contributed by atoms with Crippen LogP contribution in [-0.4, -0.2) is 21.2 Å². The molecule has 0 radical (unpaired) electrons. The SMILES string of the molecule is CC1=C(C(=O)O)C(c2cccc([N+](=O)[O-])c2)C(C(=O)Cl)=C(C)N1. The number of non-ortho nitro benzene ring substituents is 1. The number of nitrogens with zero attached hydrogens (tertiary/aromatic N) is 1. The highest BCUT2D eigenvalue weighted by Crippen LogP contribution is 2.39. The van der Waals surface area contributed by atoms with Crippen molar-refractivity contribution in [2.45, 2.75) is 19.8 Å². The lowest BCUT2D eigenvalue weighted by Gasteiger charge is -2.28. The van der Waals surface area contributed by atoms with E-state index in [0.29, 0.717) is 17.0 Å². The molecule has 1 aliphatic rings. The van der Waals surface area contributed by atoms with Crippen LogP contribution in [0.1, 0.15) is 25.3 Å². The maximum absolute atomic E-state index is 11.8. The number of benzene rings is 1. The lowest BCUT2D eigenvalue weighted by Crippen LogP contribution is -2.30. The van der Waals surface area contributed by atoms with Crippen molar-refractivity contribution in [3.8, 4) is 0 Å². The molecular weight excluding hydrogens is 324 g/mol. The summed E-state index contributed by atoms with van der Waals surface area (Å²) in [5.74, 6) is -2.20. The van der Waals surface area contributed by atoms with E-state index in [2.05, 4.69) is 5.32 Å². The maximum atomic E-state index is 11.8. The number of nitrogens with one attached hydrogen (secondary N) is 1. The predicted octanol–water partition coefficient (Wildman–Crippen LogP) is 2.68. The van der Waals surface area contributed by atoms with Crippen LogP contribution in [0, 0.1) is 10.1 Å². The Hall–Kier alpha value is -2.67. The quantitative estimate of drug-likeness (QED) is 0.497. The highest BCUT2D eigenvalue weighted by molar-refractivity contribution is 6.68. The molecule has 2 rings (SSSR count). The van der Waals surface area contributed by atoms with Crippen molar-refractivity contribution >= 4 is 28.5 Å². The first-order chi connectivity index (χ1) is 10.7. The second-order valence-corrected chi connectivity index (χ2v) is 5.41. The number of nitro benzene ring substituents is 1. The number of halogens is 1. The molecule has 1 aromatic carbocycles. The van der Waals surface area contributed by atoms with E-state index < -0.39 is 22.1 Å². The molecule has 1 unspecified atom stereocenters. The van der Waals surface area contributed by atoms with Crippen LogP contribution in [0.4, 0.5) is 5.69 Å². The summed E-state index contributed by atoms with van der Waals surface area (Å²) in [6, 6.07) is 5.52. The van der Waals surface area contributed by atoms with Crippen LogP contribution in [0.15, 0.2) is 46.8 Å². The van der Waals surface area contributed by atoms with Gasteiger partial charge in [-0.3, -0.25) is 14.9 Å². The van der Waals surface area contributed by atoms with Crippen LogP contribution >= 0.6 is 11.6 Å². The number of carbonyl (C=O) groups excluding carboxylic acids is 1. The highest BCUT2D eigenvalue weighted by atomic mass is 35.5. The lowest BCUT2D eigenvalue weighted by molar-refractivity contribution is -0.384. The Kier molecular flexibility index (Phi) is 4.51. The molecule has 1 atom stereocenters. The average molecular weight is 337 g/mol. The maximum Gasteiger partial charge on any atom is 0.334 e. The summed E-state index contributed by atoms with van der Waals surface area (Å²) >= 11 is 5.63. The number of hydrogen-bond acceptors (Lipinski definition) is 5. The average Bonchev–Trinajstić information content (AvgIpc) is 2.45. The van der Waals surface area contributed by atoms with Crippen LogP contribution in [0.5, 0.6) is 0 Å². The van der Waals surface area contributed by atoms with Gasteiger partial charge in [0.1, 0.15) is 0 Å². The molecule has 0 saturated heterocycles. The molecule has 0 saturated carbocycles. The highest BCUT2D eigenvalue weighted by Gasteiger charge is 2.36. The van der Waals surface area contributed by atoms with Crippen molar-refractivity contribution in [1.82, 2.24) is 5.32 Å². The Bertz CT molecular complexity index is 746. The summed E-state index contributed by atoms with van der Waals surface area (Å²) in [4.78, 5) is 33.8. The Morgan fingerprint density at radius 3 is 2.39 bits per heavy atom. The lowest BCUT2D eigenvalue weighted by atomic mass is 9.81. The third-order valence-electron chi connectivity index (χ3n) is 3.62. The van der Waals surface area contributed by atoms with Gasteiger partial charge in [-0.05, 0) is 31.0 Å². The Labute approximate surface area is 136 Å². The van der Waals surface area contributed by atoms with E-state index in [0.717, 1.165) is 0 Å². The number of aliphatic carboxylic acids is 1. The molecular formula is C15H13ClN2O5. The van der Waals surface area contributed by atoms with Gasteiger partial charge in [0.25, 0.3) is 10.9 Å². The fraction of sp³-hybridized carbons (Fsp3) is 0.200. The van der Waals surface area contributed by atoms with Gasteiger partial charge in [-0.1, -0.05) is 12.1 Å². The van der Waals surface area contributed by atoms with E-state index in [1.165, 1.54) is 24.3 Å². The van der Waals surface area contributed by atoms with Crippen molar-refractivity contribution in [2.24, 2.45) is 0 Å². The molecule has 1 aliphatic heterocycles. The van der Waals surface area contributed by atoms with Gasteiger partial charge in [0.05, 0.1) is 10.5 Å². The molecule has 0 aromatic heterocycles. The van der Waals surface area contributed by atoms with E-state index >= 15 is 0 Å². The van der Waals surface area contributed by atoms with Crippen molar-refractivity contribution in [1.29, 1.82) is 0 Å². The number of carbonyl (C=O) groups is 2. The molecule has 0 amide bonds. The standard InChI is InChI=1S/C15H13ClN2O5/c1-7-11(14(16)19)13(12(15(20)21)8(2)17-7)9-4-3-5-10(6-9)18(22)23/h3-6,13,17H,1-2H3,(H,20,21). The number of nitro groups is 1. The van der Waals surface area contributed by atoms with E-state index in [1.807, 2.05) is 0 Å². The normalized spacial score (nSPS) is 17.8. The minimum atomic E-state index is -1.23. The fourth-order valence-corrected chi connectivity index (χ4v) is 2.94. The molecule has 23 heavy (non-hydrogen) atoms. The van der Waals surface area contributed by atoms with Gasteiger partial charge in [-0.2, -0.15) is 0 Å². The molecule has 2 N–H and O–H groups in total. The van der Waals surface area contributed by atoms with E-state index in [1.54, 1.807) is 13.8 Å². The second-order valence-electron chi connectivity index (χ2n) is 5.07. The third kappa shape index (κ3) is 3.09.